The van der Waals surface area contributed by atoms with Gasteiger partial charge in [-0.1, -0.05) is 39.0 Å². The third-order valence-electron chi connectivity index (χ3n) is 5.94. The number of piperazine rings is 1. The monoisotopic (exact) mass is 366 g/mol. The summed E-state index contributed by atoms with van der Waals surface area (Å²) in [6.45, 7) is 15.9. The number of rotatable bonds is 4. The van der Waals surface area contributed by atoms with Gasteiger partial charge < -0.3 is 15.5 Å². The predicted molar refractivity (Wildman–Crippen MR) is 110 cm³/mol. The van der Waals surface area contributed by atoms with E-state index in [1.54, 1.807) is 0 Å². The number of halogens is 1. The average molecular weight is 367 g/mol. The van der Waals surface area contributed by atoms with Crippen molar-refractivity contribution in [2.45, 2.75) is 39.8 Å². The van der Waals surface area contributed by atoms with Gasteiger partial charge in [-0.2, -0.15) is 0 Å². The molecule has 2 N–H and O–H groups in total. The lowest BCUT2D eigenvalue weighted by Gasteiger charge is -2.43. The van der Waals surface area contributed by atoms with E-state index >= 15 is 0 Å². The highest BCUT2D eigenvalue weighted by Gasteiger charge is 2.33. The fourth-order valence-electron chi connectivity index (χ4n) is 4.12. The maximum Gasteiger partial charge on any atom is 0.0412 e. The molecule has 3 rings (SSSR count). The van der Waals surface area contributed by atoms with Crippen molar-refractivity contribution in [2.75, 3.05) is 50.7 Å². The number of likely N-dealkylation sites (tertiary alicyclic amines) is 1. The first kappa shape index (κ1) is 20.5. The van der Waals surface area contributed by atoms with Crippen LogP contribution in [0.3, 0.4) is 0 Å². The van der Waals surface area contributed by atoms with Crippen LogP contribution in [0.4, 0.5) is 5.69 Å². The van der Waals surface area contributed by atoms with Crippen LogP contribution in [-0.2, 0) is 6.54 Å². The molecule has 1 unspecified atom stereocenters. The van der Waals surface area contributed by atoms with Crippen molar-refractivity contribution in [3.8, 4) is 0 Å². The summed E-state index contributed by atoms with van der Waals surface area (Å²) in [4.78, 5) is 7.69. The molecule has 0 aliphatic carbocycles. The van der Waals surface area contributed by atoms with Gasteiger partial charge in [0.2, 0.25) is 0 Å². The van der Waals surface area contributed by atoms with E-state index in [1.807, 2.05) is 0 Å². The Bertz CT molecular complexity index is 540. The fraction of sp³-hybridized carbons (Fsp3) is 0.700. The van der Waals surface area contributed by atoms with E-state index in [9.17, 15) is 0 Å². The lowest BCUT2D eigenvalue weighted by molar-refractivity contribution is 0.0899. The normalized spacial score (nSPS) is 24.8. The van der Waals surface area contributed by atoms with Gasteiger partial charge in [0.05, 0.1) is 0 Å². The predicted octanol–water partition coefficient (Wildman–Crippen LogP) is 2.81. The summed E-state index contributed by atoms with van der Waals surface area (Å²) in [5.41, 5.74) is 9.41. The van der Waals surface area contributed by atoms with Crippen molar-refractivity contribution in [3.63, 3.8) is 0 Å². The molecule has 1 atom stereocenters. The highest BCUT2D eigenvalue weighted by atomic mass is 35.5. The van der Waals surface area contributed by atoms with Crippen molar-refractivity contribution in [2.24, 2.45) is 11.1 Å². The second kappa shape index (κ2) is 8.72. The summed E-state index contributed by atoms with van der Waals surface area (Å²) in [6.07, 6.45) is 1.10. The number of anilines is 1. The second-order valence-electron chi connectivity index (χ2n) is 8.14. The first-order valence-corrected chi connectivity index (χ1v) is 9.53. The molecule has 2 fully saturated rings. The Labute approximate surface area is 159 Å². The molecule has 0 bridgehead atoms. The zero-order chi connectivity index (χ0) is 17.2. The van der Waals surface area contributed by atoms with Crippen LogP contribution in [0.2, 0.25) is 0 Å². The van der Waals surface area contributed by atoms with Crippen LogP contribution in [0, 0.1) is 5.41 Å². The molecule has 5 heteroatoms. The van der Waals surface area contributed by atoms with E-state index in [2.05, 4.69) is 59.7 Å². The summed E-state index contributed by atoms with van der Waals surface area (Å²) >= 11 is 0. The van der Waals surface area contributed by atoms with Crippen molar-refractivity contribution in [1.82, 2.24) is 9.80 Å². The molecule has 2 heterocycles. The lowest BCUT2D eigenvalue weighted by Crippen LogP contribution is -2.52. The largest absolute Gasteiger partial charge is 0.369 e. The SMILES string of the molecule is CCN1CCN(c2ccccc2CN2CCC(N)C(C)(C)C2)CC1.Cl. The smallest absolute Gasteiger partial charge is 0.0412 e. The summed E-state index contributed by atoms with van der Waals surface area (Å²) in [7, 11) is 0. The van der Waals surface area contributed by atoms with E-state index in [4.69, 9.17) is 5.73 Å². The molecule has 0 aromatic heterocycles. The van der Waals surface area contributed by atoms with Crippen LogP contribution in [0.1, 0.15) is 32.8 Å². The van der Waals surface area contributed by atoms with Gasteiger partial charge in [-0.05, 0) is 30.0 Å². The Morgan fingerprint density at radius 3 is 2.36 bits per heavy atom. The lowest BCUT2D eigenvalue weighted by atomic mass is 9.79. The van der Waals surface area contributed by atoms with Gasteiger partial charge in [0, 0.05) is 57.5 Å². The Hall–Kier alpha value is -0.810. The minimum absolute atomic E-state index is 0. The highest BCUT2D eigenvalue weighted by molar-refractivity contribution is 5.85. The quantitative estimate of drug-likeness (QED) is 0.888. The first-order valence-electron chi connectivity index (χ1n) is 9.53. The molecule has 0 radical (unpaired) electrons. The minimum atomic E-state index is 0. The molecule has 4 nitrogen and oxygen atoms in total. The number of hydrogen-bond acceptors (Lipinski definition) is 4. The number of nitrogens with zero attached hydrogens (tertiary/aromatic N) is 3. The van der Waals surface area contributed by atoms with Gasteiger partial charge in [-0.15, -0.1) is 12.4 Å². The van der Waals surface area contributed by atoms with Crippen molar-refractivity contribution in [3.05, 3.63) is 29.8 Å². The number of nitrogens with two attached hydrogens (primary N) is 1. The Balaban J connectivity index is 0.00000225. The van der Waals surface area contributed by atoms with Crippen LogP contribution in [-0.4, -0.2) is 61.7 Å². The van der Waals surface area contributed by atoms with Gasteiger partial charge >= 0.3 is 0 Å². The molecular formula is C20H35ClN4. The molecule has 0 saturated carbocycles. The molecule has 0 spiro atoms. The molecule has 2 aliphatic rings. The molecule has 0 amide bonds. The van der Waals surface area contributed by atoms with E-state index < -0.39 is 0 Å². The number of piperidine rings is 1. The second-order valence-corrected chi connectivity index (χ2v) is 8.14. The third-order valence-corrected chi connectivity index (χ3v) is 5.94. The van der Waals surface area contributed by atoms with Gasteiger partial charge in [0.25, 0.3) is 0 Å². The fourth-order valence-corrected chi connectivity index (χ4v) is 4.12. The molecular weight excluding hydrogens is 332 g/mol. The van der Waals surface area contributed by atoms with Gasteiger partial charge in [0.15, 0.2) is 0 Å². The molecule has 1 aromatic carbocycles. The maximum absolute atomic E-state index is 6.30. The van der Waals surface area contributed by atoms with Gasteiger partial charge in [0.1, 0.15) is 0 Å². The van der Waals surface area contributed by atoms with Crippen LogP contribution >= 0.6 is 12.4 Å². The molecule has 2 aliphatic heterocycles. The van der Waals surface area contributed by atoms with Crippen molar-refractivity contribution >= 4 is 18.1 Å². The number of para-hydroxylation sites is 1. The topological polar surface area (TPSA) is 35.7 Å². The van der Waals surface area contributed by atoms with Crippen LogP contribution in [0.25, 0.3) is 0 Å². The van der Waals surface area contributed by atoms with E-state index in [1.165, 1.54) is 30.9 Å². The van der Waals surface area contributed by atoms with E-state index in [0.717, 1.165) is 39.1 Å². The van der Waals surface area contributed by atoms with Crippen LogP contribution < -0.4 is 10.6 Å². The van der Waals surface area contributed by atoms with Crippen LogP contribution in [0.15, 0.2) is 24.3 Å². The first-order chi connectivity index (χ1) is 11.5. The number of likely N-dealkylation sites (N-methyl/N-ethyl adjacent to an activating group) is 1. The highest BCUT2D eigenvalue weighted by Crippen LogP contribution is 2.30. The summed E-state index contributed by atoms with van der Waals surface area (Å²) in [5.74, 6) is 0. The van der Waals surface area contributed by atoms with Crippen molar-refractivity contribution in [1.29, 1.82) is 0 Å². The van der Waals surface area contributed by atoms with Crippen LogP contribution in [0.5, 0.6) is 0 Å². The van der Waals surface area contributed by atoms with E-state index in [0.29, 0.717) is 6.04 Å². The molecule has 2 saturated heterocycles. The van der Waals surface area contributed by atoms with Crippen molar-refractivity contribution < 1.29 is 0 Å². The molecule has 142 valence electrons. The van der Waals surface area contributed by atoms with E-state index in [-0.39, 0.29) is 17.8 Å². The Morgan fingerprint density at radius 1 is 1.04 bits per heavy atom. The standard InChI is InChI=1S/C20H34N4.ClH/c1-4-22-11-13-24(14-12-22)18-8-6-5-7-17(18)15-23-10-9-19(21)20(2,3)16-23;/h5-8,19H,4,9-16,21H2,1-3H3;1H. The summed E-state index contributed by atoms with van der Waals surface area (Å²) in [6, 6.07) is 9.30. The minimum Gasteiger partial charge on any atom is -0.369 e. The van der Waals surface area contributed by atoms with Gasteiger partial charge in [-0.25, -0.2) is 0 Å². The summed E-state index contributed by atoms with van der Waals surface area (Å²) < 4.78 is 0. The Morgan fingerprint density at radius 2 is 1.72 bits per heavy atom. The zero-order valence-electron chi connectivity index (χ0n) is 16.1. The molecule has 1 aromatic rings. The average Bonchev–Trinajstić information content (AvgIpc) is 2.59. The zero-order valence-corrected chi connectivity index (χ0v) is 16.9. The number of benzene rings is 1. The third kappa shape index (κ3) is 4.88. The van der Waals surface area contributed by atoms with Gasteiger partial charge in [-0.3, -0.25) is 4.90 Å². The summed E-state index contributed by atoms with van der Waals surface area (Å²) in [5, 5.41) is 0. The maximum atomic E-state index is 6.30. The number of hydrogen-bond donors (Lipinski definition) is 1. The Kier molecular flexibility index (Phi) is 7.15. The molecule has 25 heavy (non-hydrogen) atoms.